The zero-order chi connectivity index (χ0) is 16.8. The molecule has 0 atom stereocenters. The van der Waals surface area contributed by atoms with Crippen LogP contribution in [0.3, 0.4) is 0 Å². The van der Waals surface area contributed by atoms with E-state index >= 15 is 0 Å². The van der Waals surface area contributed by atoms with E-state index in [1.807, 2.05) is 54.6 Å². The van der Waals surface area contributed by atoms with Gasteiger partial charge in [-0.2, -0.15) is 4.98 Å². The van der Waals surface area contributed by atoms with Crippen molar-refractivity contribution in [3.8, 4) is 17.4 Å². The maximum Gasteiger partial charge on any atom is 0.266 e. The molecule has 3 rings (SSSR count). The highest BCUT2D eigenvalue weighted by molar-refractivity contribution is 7.98. The molecule has 2 aromatic carbocycles. The number of hydrogen-bond donors (Lipinski definition) is 0. The van der Waals surface area contributed by atoms with Crippen molar-refractivity contribution < 1.29 is 9.47 Å². The molecule has 24 heavy (non-hydrogen) atoms. The first-order valence-electron chi connectivity index (χ1n) is 7.26. The molecule has 0 unspecified atom stereocenters. The zero-order valence-electron chi connectivity index (χ0n) is 13.0. The first-order chi connectivity index (χ1) is 11.7. The Bertz CT molecular complexity index is 798. The molecular formula is C18H15ClN2O2S. The van der Waals surface area contributed by atoms with Gasteiger partial charge in [-0.05, 0) is 29.8 Å². The van der Waals surface area contributed by atoms with Gasteiger partial charge in [0.05, 0.1) is 13.3 Å². The summed E-state index contributed by atoms with van der Waals surface area (Å²) in [6, 6.07) is 17.2. The second kappa shape index (κ2) is 8.04. The largest absolute Gasteiger partial charge is 0.490 e. The van der Waals surface area contributed by atoms with Crippen LogP contribution in [0.15, 0.2) is 66.0 Å². The predicted molar refractivity (Wildman–Crippen MR) is 96.1 cm³/mol. The van der Waals surface area contributed by atoms with Crippen LogP contribution in [0, 0.1) is 0 Å². The molecule has 1 aromatic heterocycles. The Morgan fingerprint density at radius 3 is 2.50 bits per heavy atom. The monoisotopic (exact) mass is 358 g/mol. The minimum atomic E-state index is 0.400. The lowest BCUT2D eigenvalue weighted by atomic mass is 10.2. The van der Waals surface area contributed by atoms with Crippen LogP contribution in [0.4, 0.5) is 0 Å². The van der Waals surface area contributed by atoms with Crippen LogP contribution in [-0.4, -0.2) is 17.1 Å². The minimum absolute atomic E-state index is 0.400. The Labute approximate surface area is 149 Å². The van der Waals surface area contributed by atoms with Crippen LogP contribution in [0.1, 0.15) is 5.56 Å². The van der Waals surface area contributed by atoms with E-state index in [0.29, 0.717) is 22.5 Å². The molecule has 0 aliphatic rings. The lowest BCUT2D eigenvalue weighted by Gasteiger charge is -2.10. The first kappa shape index (κ1) is 16.6. The molecule has 0 radical (unpaired) electrons. The molecule has 122 valence electrons. The number of ether oxygens (including phenoxy) is 2. The average Bonchev–Trinajstić information content (AvgIpc) is 2.62. The van der Waals surface area contributed by atoms with Gasteiger partial charge in [0.15, 0.2) is 10.9 Å². The number of thioether (sulfide) groups is 1. The molecule has 0 spiro atoms. The summed E-state index contributed by atoms with van der Waals surface area (Å²) in [7, 11) is 1.57. The van der Waals surface area contributed by atoms with Crippen molar-refractivity contribution in [2.24, 2.45) is 0 Å². The number of nitrogens with zero attached hydrogens (tertiary/aromatic N) is 2. The number of aromatic nitrogens is 2. The van der Waals surface area contributed by atoms with Gasteiger partial charge in [-0.3, -0.25) is 0 Å². The Morgan fingerprint density at radius 2 is 1.79 bits per heavy atom. The third-order valence-corrected chi connectivity index (χ3v) is 4.34. The van der Waals surface area contributed by atoms with E-state index in [-0.39, 0.29) is 0 Å². The molecule has 0 N–H and O–H groups in total. The van der Waals surface area contributed by atoms with Gasteiger partial charge < -0.3 is 9.47 Å². The number of methoxy groups -OCH3 is 1. The van der Waals surface area contributed by atoms with Gasteiger partial charge in [0.2, 0.25) is 0 Å². The van der Waals surface area contributed by atoms with Crippen LogP contribution in [-0.2, 0) is 5.75 Å². The second-order valence-electron chi connectivity index (χ2n) is 4.86. The van der Waals surface area contributed by atoms with E-state index in [4.69, 9.17) is 21.1 Å². The zero-order valence-corrected chi connectivity index (χ0v) is 14.6. The van der Waals surface area contributed by atoms with Crippen molar-refractivity contribution in [1.82, 2.24) is 9.97 Å². The SMILES string of the molecule is COc1cnc(SCc2ccc(Cl)cc2)nc1Oc1ccccc1. The summed E-state index contributed by atoms with van der Waals surface area (Å²) in [5.41, 5.74) is 1.15. The summed E-state index contributed by atoms with van der Waals surface area (Å²) in [5.74, 6) is 2.34. The maximum atomic E-state index is 5.90. The molecular weight excluding hydrogens is 344 g/mol. The molecule has 0 aliphatic carbocycles. The van der Waals surface area contributed by atoms with Gasteiger partial charge in [-0.15, -0.1) is 0 Å². The first-order valence-corrected chi connectivity index (χ1v) is 8.62. The highest BCUT2D eigenvalue weighted by Crippen LogP contribution is 2.31. The molecule has 6 heteroatoms. The summed E-state index contributed by atoms with van der Waals surface area (Å²) in [5, 5.41) is 1.35. The molecule has 0 saturated carbocycles. The van der Waals surface area contributed by atoms with Gasteiger partial charge in [0, 0.05) is 10.8 Å². The van der Waals surface area contributed by atoms with Crippen molar-refractivity contribution in [2.45, 2.75) is 10.9 Å². The summed E-state index contributed by atoms with van der Waals surface area (Å²) in [6.45, 7) is 0. The third kappa shape index (κ3) is 4.40. The van der Waals surface area contributed by atoms with Crippen molar-refractivity contribution in [1.29, 1.82) is 0 Å². The van der Waals surface area contributed by atoms with Crippen molar-refractivity contribution in [3.05, 3.63) is 71.4 Å². The van der Waals surface area contributed by atoms with Crippen LogP contribution < -0.4 is 9.47 Å². The van der Waals surface area contributed by atoms with E-state index in [1.165, 1.54) is 11.8 Å². The molecule has 0 amide bonds. The van der Waals surface area contributed by atoms with Gasteiger partial charge in [-0.25, -0.2) is 4.98 Å². The number of benzene rings is 2. The van der Waals surface area contributed by atoms with Crippen molar-refractivity contribution in [2.75, 3.05) is 7.11 Å². The number of halogens is 1. The fourth-order valence-electron chi connectivity index (χ4n) is 1.95. The number of rotatable bonds is 6. The van der Waals surface area contributed by atoms with E-state index in [2.05, 4.69) is 9.97 Å². The lowest BCUT2D eigenvalue weighted by molar-refractivity contribution is 0.363. The van der Waals surface area contributed by atoms with Crippen molar-refractivity contribution in [3.63, 3.8) is 0 Å². The van der Waals surface area contributed by atoms with Crippen LogP contribution in [0.5, 0.6) is 17.4 Å². The predicted octanol–water partition coefficient (Wildman–Crippen LogP) is 5.22. The van der Waals surface area contributed by atoms with Gasteiger partial charge in [0.25, 0.3) is 5.88 Å². The topological polar surface area (TPSA) is 44.2 Å². The van der Waals surface area contributed by atoms with Crippen LogP contribution in [0.2, 0.25) is 5.02 Å². The summed E-state index contributed by atoms with van der Waals surface area (Å²) >= 11 is 7.42. The van der Waals surface area contributed by atoms with E-state index in [9.17, 15) is 0 Å². The molecule has 0 bridgehead atoms. The second-order valence-corrected chi connectivity index (χ2v) is 6.24. The van der Waals surface area contributed by atoms with Crippen LogP contribution in [0.25, 0.3) is 0 Å². The fraction of sp³-hybridized carbons (Fsp3) is 0.111. The quantitative estimate of drug-likeness (QED) is 0.446. The molecule has 4 nitrogen and oxygen atoms in total. The van der Waals surface area contributed by atoms with Gasteiger partial charge >= 0.3 is 0 Å². The van der Waals surface area contributed by atoms with Gasteiger partial charge in [0.1, 0.15) is 5.75 Å². The smallest absolute Gasteiger partial charge is 0.266 e. The fourth-order valence-corrected chi connectivity index (χ4v) is 2.84. The standard InChI is InChI=1S/C18H15ClN2O2S/c1-22-16-11-20-18(24-12-13-7-9-14(19)10-8-13)21-17(16)23-15-5-3-2-4-6-15/h2-11H,12H2,1H3. The Hall–Kier alpha value is -2.24. The minimum Gasteiger partial charge on any atom is -0.490 e. The van der Waals surface area contributed by atoms with Crippen molar-refractivity contribution >= 4 is 23.4 Å². The van der Waals surface area contributed by atoms with Crippen LogP contribution >= 0.6 is 23.4 Å². The summed E-state index contributed by atoms with van der Waals surface area (Å²) < 4.78 is 11.1. The molecule has 0 aliphatic heterocycles. The summed E-state index contributed by atoms with van der Waals surface area (Å²) in [4.78, 5) is 8.76. The van der Waals surface area contributed by atoms with E-state index in [1.54, 1.807) is 13.3 Å². The normalized spacial score (nSPS) is 10.4. The highest BCUT2D eigenvalue weighted by Gasteiger charge is 2.11. The third-order valence-electron chi connectivity index (χ3n) is 3.16. The van der Waals surface area contributed by atoms with Gasteiger partial charge in [-0.1, -0.05) is 53.7 Å². The molecule has 3 aromatic rings. The van der Waals surface area contributed by atoms with E-state index in [0.717, 1.165) is 16.3 Å². The number of para-hydroxylation sites is 1. The average molecular weight is 359 g/mol. The molecule has 0 saturated heterocycles. The highest BCUT2D eigenvalue weighted by atomic mass is 35.5. The molecule has 0 fully saturated rings. The maximum absolute atomic E-state index is 5.90. The Balaban J connectivity index is 1.74. The Morgan fingerprint density at radius 1 is 1.04 bits per heavy atom. The van der Waals surface area contributed by atoms with E-state index < -0.39 is 0 Å². The Kier molecular flexibility index (Phi) is 5.56. The lowest BCUT2D eigenvalue weighted by Crippen LogP contribution is -1.97. The number of hydrogen-bond acceptors (Lipinski definition) is 5. The molecule has 1 heterocycles. The summed E-state index contributed by atoms with van der Waals surface area (Å²) in [6.07, 6.45) is 1.62.